The summed E-state index contributed by atoms with van der Waals surface area (Å²) < 4.78 is 6.13. The summed E-state index contributed by atoms with van der Waals surface area (Å²) in [6, 6.07) is 0. The van der Waals surface area contributed by atoms with Gasteiger partial charge in [-0.05, 0) is 38.8 Å². The Kier molecular flexibility index (Phi) is 17.1. The van der Waals surface area contributed by atoms with Crippen molar-refractivity contribution in [3.8, 4) is 0 Å². The van der Waals surface area contributed by atoms with Crippen LogP contribution in [0, 0.1) is 0 Å². The molecule has 0 saturated heterocycles. The van der Waals surface area contributed by atoms with Gasteiger partial charge in [0, 0.05) is 12.8 Å². The van der Waals surface area contributed by atoms with Gasteiger partial charge in [-0.3, -0.25) is 0 Å². The predicted molar refractivity (Wildman–Crippen MR) is 105 cm³/mol. The van der Waals surface area contributed by atoms with E-state index in [2.05, 4.69) is 39.8 Å². The van der Waals surface area contributed by atoms with Crippen LogP contribution in [0.5, 0.6) is 0 Å². The summed E-state index contributed by atoms with van der Waals surface area (Å²) in [7, 11) is 0. The monoisotopic (exact) mass is 322 g/mol. The second kappa shape index (κ2) is 17.6. The van der Waals surface area contributed by atoms with E-state index in [1.165, 1.54) is 88.6 Å². The summed E-state index contributed by atoms with van der Waals surface area (Å²) in [4.78, 5) is 0. The third kappa shape index (κ3) is 14.6. The van der Waals surface area contributed by atoms with Gasteiger partial charge in [0.05, 0.1) is 11.5 Å². The van der Waals surface area contributed by atoms with E-state index in [4.69, 9.17) is 4.74 Å². The minimum absolute atomic E-state index is 1.09. The highest BCUT2D eigenvalue weighted by atomic mass is 16.5. The van der Waals surface area contributed by atoms with Crippen molar-refractivity contribution >= 4 is 0 Å². The minimum atomic E-state index is 1.09. The molecule has 0 aliphatic carbocycles. The molecule has 1 nitrogen and oxygen atoms in total. The van der Waals surface area contributed by atoms with Crippen molar-refractivity contribution in [2.75, 3.05) is 0 Å². The summed E-state index contributed by atoms with van der Waals surface area (Å²) in [6.07, 6.45) is 22.6. The Morgan fingerprint density at radius 2 is 0.913 bits per heavy atom. The quantitative estimate of drug-likeness (QED) is 0.205. The average Bonchev–Trinajstić information content (AvgIpc) is 2.58. The number of hydrogen-bond acceptors (Lipinski definition) is 1. The van der Waals surface area contributed by atoms with E-state index in [9.17, 15) is 0 Å². The molecule has 0 heterocycles. The fourth-order valence-electron chi connectivity index (χ4n) is 2.84. The molecule has 0 bridgehead atoms. The van der Waals surface area contributed by atoms with Crippen LogP contribution in [-0.2, 0) is 4.74 Å². The maximum atomic E-state index is 6.13. The topological polar surface area (TPSA) is 9.23 Å². The lowest BCUT2D eigenvalue weighted by atomic mass is 10.1. The third-order valence-corrected chi connectivity index (χ3v) is 4.46. The van der Waals surface area contributed by atoms with Crippen LogP contribution in [0.25, 0.3) is 0 Å². The second-order valence-corrected chi connectivity index (χ2v) is 6.65. The molecule has 1 heteroatoms. The van der Waals surface area contributed by atoms with Crippen LogP contribution in [0.3, 0.4) is 0 Å². The Labute approximate surface area is 146 Å². The molecule has 0 aromatic heterocycles. The number of allylic oxidation sites excluding steroid dienone is 4. The van der Waals surface area contributed by atoms with Crippen molar-refractivity contribution in [2.24, 2.45) is 0 Å². The van der Waals surface area contributed by atoms with Gasteiger partial charge in [0.2, 0.25) is 0 Å². The molecule has 0 N–H and O–H groups in total. The van der Waals surface area contributed by atoms with Gasteiger partial charge < -0.3 is 4.74 Å². The first-order valence-electron chi connectivity index (χ1n) is 10.3. The number of hydrogen-bond donors (Lipinski definition) is 0. The van der Waals surface area contributed by atoms with Gasteiger partial charge >= 0.3 is 0 Å². The first kappa shape index (κ1) is 22.3. The summed E-state index contributed by atoms with van der Waals surface area (Å²) in [5.74, 6) is 2.33. The van der Waals surface area contributed by atoms with Crippen LogP contribution in [0.4, 0.5) is 0 Å². The number of unbranched alkanes of at least 4 members (excludes halogenated alkanes) is 10. The summed E-state index contributed by atoms with van der Waals surface area (Å²) in [6.45, 7) is 8.75. The summed E-state index contributed by atoms with van der Waals surface area (Å²) in [5.41, 5.74) is 0. The second-order valence-electron chi connectivity index (χ2n) is 6.65. The van der Waals surface area contributed by atoms with Gasteiger partial charge in [-0.2, -0.15) is 0 Å². The highest BCUT2D eigenvalue weighted by molar-refractivity contribution is 5.00. The zero-order chi connectivity index (χ0) is 17.2. The zero-order valence-corrected chi connectivity index (χ0v) is 16.5. The maximum Gasteiger partial charge on any atom is 0.0993 e. The van der Waals surface area contributed by atoms with Crippen LogP contribution < -0.4 is 0 Å². The van der Waals surface area contributed by atoms with Gasteiger partial charge in [0.15, 0.2) is 0 Å². The molecule has 0 unspecified atom stereocenters. The molecule has 0 aliphatic heterocycles. The van der Waals surface area contributed by atoms with Gasteiger partial charge in [0.1, 0.15) is 0 Å². The fraction of sp³-hybridized carbons (Fsp3) is 0.818. The number of ether oxygens (including phenoxy) is 1. The highest BCUT2D eigenvalue weighted by Crippen LogP contribution is 2.20. The van der Waals surface area contributed by atoms with E-state index in [1.54, 1.807) is 0 Å². The fourth-order valence-corrected chi connectivity index (χ4v) is 2.84. The van der Waals surface area contributed by atoms with E-state index >= 15 is 0 Å². The first-order valence-corrected chi connectivity index (χ1v) is 10.3. The van der Waals surface area contributed by atoms with Gasteiger partial charge in [0.25, 0.3) is 0 Å². The maximum absolute atomic E-state index is 6.13. The van der Waals surface area contributed by atoms with E-state index in [1.807, 2.05) is 0 Å². The Balaban J connectivity index is 3.80. The van der Waals surface area contributed by atoms with E-state index in [0.717, 1.165) is 12.8 Å². The van der Waals surface area contributed by atoms with E-state index < -0.39 is 0 Å². The molecule has 23 heavy (non-hydrogen) atoms. The standard InChI is InChI=1S/C22H42O/c1-5-9-11-13-15-17-19-21(7-3)23-22(8-4)20-18-16-14-12-10-6-2/h7-8H,5-6,9-20H2,1-4H3. The zero-order valence-electron chi connectivity index (χ0n) is 16.5. The largest absolute Gasteiger partial charge is 0.467 e. The number of rotatable bonds is 16. The lowest BCUT2D eigenvalue weighted by molar-refractivity contribution is 0.269. The lowest BCUT2D eigenvalue weighted by Gasteiger charge is -2.13. The third-order valence-electron chi connectivity index (χ3n) is 4.46. The predicted octanol–water partition coefficient (Wildman–Crippen LogP) is 8.31. The lowest BCUT2D eigenvalue weighted by Crippen LogP contribution is -1.95. The van der Waals surface area contributed by atoms with Crippen LogP contribution in [0.15, 0.2) is 23.7 Å². The molecule has 0 amide bonds. The minimum Gasteiger partial charge on any atom is -0.467 e. The molecule has 0 aliphatic rings. The molecule has 0 spiro atoms. The molecule has 0 aromatic rings. The van der Waals surface area contributed by atoms with Crippen LogP contribution in [0.2, 0.25) is 0 Å². The van der Waals surface area contributed by atoms with Crippen molar-refractivity contribution in [1.82, 2.24) is 0 Å². The normalized spacial score (nSPS) is 12.7. The van der Waals surface area contributed by atoms with Crippen molar-refractivity contribution in [3.63, 3.8) is 0 Å². The molecule has 0 aromatic carbocycles. The van der Waals surface area contributed by atoms with E-state index in [-0.39, 0.29) is 0 Å². The van der Waals surface area contributed by atoms with Gasteiger partial charge in [-0.15, -0.1) is 0 Å². The Morgan fingerprint density at radius 1 is 0.565 bits per heavy atom. The SMILES string of the molecule is CC=C(CCCCCCCC)OC(=CC)CCCCCCCC. The Bertz CT molecular complexity index is 271. The Morgan fingerprint density at radius 3 is 1.26 bits per heavy atom. The summed E-state index contributed by atoms with van der Waals surface area (Å²) in [5, 5.41) is 0. The Hall–Kier alpha value is -0.720. The van der Waals surface area contributed by atoms with E-state index in [0.29, 0.717) is 0 Å². The molecule has 0 saturated carbocycles. The molecule has 0 radical (unpaired) electrons. The van der Waals surface area contributed by atoms with Crippen LogP contribution >= 0.6 is 0 Å². The molecule has 0 rings (SSSR count). The molecule has 0 fully saturated rings. The van der Waals surface area contributed by atoms with Crippen molar-refractivity contribution in [1.29, 1.82) is 0 Å². The summed E-state index contributed by atoms with van der Waals surface area (Å²) >= 11 is 0. The molecular formula is C22H42O. The first-order chi connectivity index (χ1) is 11.3. The van der Waals surface area contributed by atoms with Crippen LogP contribution in [0.1, 0.15) is 118 Å². The van der Waals surface area contributed by atoms with Crippen LogP contribution in [-0.4, -0.2) is 0 Å². The molecule has 136 valence electrons. The van der Waals surface area contributed by atoms with Crippen molar-refractivity contribution in [2.45, 2.75) is 118 Å². The average molecular weight is 323 g/mol. The van der Waals surface area contributed by atoms with Gasteiger partial charge in [-0.25, -0.2) is 0 Å². The van der Waals surface area contributed by atoms with Crippen molar-refractivity contribution in [3.05, 3.63) is 23.7 Å². The smallest absolute Gasteiger partial charge is 0.0993 e. The molecular weight excluding hydrogens is 280 g/mol. The van der Waals surface area contributed by atoms with Gasteiger partial charge in [-0.1, -0.05) is 78.1 Å². The highest BCUT2D eigenvalue weighted by Gasteiger charge is 2.03. The molecule has 0 atom stereocenters. The van der Waals surface area contributed by atoms with Crippen molar-refractivity contribution < 1.29 is 4.74 Å².